The zero-order chi connectivity index (χ0) is 13.2. The second-order valence-corrected chi connectivity index (χ2v) is 5.22. The summed E-state index contributed by atoms with van der Waals surface area (Å²) in [5, 5.41) is 9.10. The number of carboxylic acids is 1. The number of hydrogen-bond donors (Lipinski definition) is 1. The minimum Gasteiger partial charge on any atom is -0.481 e. The molecule has 0 aliphatic carbocycles. The van der Waals surface area contributed by atoms with Crippen molar-refractivity contribution in [3.63, 3.8) is 0 Å². The first-order chi connectivity index (χ1) is 8.51. The second kappa shape index (κ2) is 5.14. The molecular weight excluding hydrogens is 238 g/mol. The number of carboxylic acid groups (broad SMARTS) is 1. The summed E-state index contributed by atoms with van der Waals surface area (Å²) < 4.78 is 10.4. The number of hydrogen-bond acceptors (Lipinski definition) is 4. The number of amides is 1. The molecule has 0 aromatic rings. The fourth-order valence-corrected chi connectivity index (χ4v) is 2.22. The third-order valence-corrected chi connectivity index (χ3v) is 3.80. The molecule has 0 spiro atoms. The molecule has 0 radical (unpaired) electrons. The molecule has 0 bridgehead atoms. The molecule has 102 valence electrons. The molecule has 1 N–H and O–H groups in total. The summed E-state index contributed by atoms with van der Waals surface area (Å²) in [7, 11) is 0. The molecule has 18 heavy (non-hydrogen) atoms. The molecule has 2 aliphatic rings. The first-order valence-corrected chi connectivity index (χ1v) is 6.28. The summed E-state index contributed by atoms with van der Waals surface area (Å²) in [6.07, 6.45) is 1.19. The van der Waals surface area contributed by atoms with Crippen LogP contribution < -0.4 is 0 Å². The van der Waals surface area contributed by atoms with E-state index in [0.717, 1.165) is 6.42 Å². The number of piperidine rings is 1. The molecule has 0 aromatic heterocycles. The van der Waals surface area contributed by atoms with E-state index in [4.69, 9.17) is 14.6 Å². The van der Waals surface area contributed by atoms with E-state index in [1.54, 1.807) is 11.8 Å². The lowest BCUT2D eigenvalue weighted by molar-refractivity contribution is -0.150. The molecule has 2 aliphatic heterocycles. The van der Waals surface area contributed by atoms with Gasteiger partial charge in [-0.05, 0) is 19.8 Å². The predicted octanol–water partition coefficient (Wildman–Crippen LogP) is 1.10. The van der Waals surface area contributed by atoms with Gasteiger partial charge in [0.2, 0.25) is 0 Å². The van der Waals surface area contributed by atoms with Crippen LogP contribution in [0.2, 0.25) is 0 Å². The first-order valence-electron chi connectivity index (χ1n) is 6.28. The van der Waals surface area contributed by atoms with E-state index in [1.165, 1.54) is 0 Å². The Morgan fingerprint density at radius 1 is 1.39 bits per heavy atom. The molecule has 0 unspecified atom stereocenters. The van der Waals surface area contributed by atoms with Crippen molar-refractivity contribution < 1.29 is 24.2 Å². The number of nitrogens with zero attached hydrogens (tertiary/aromatic N) is 1. The number of ether oxygens (including phenoxy) is 2. The Morgan fingerprint density at radius 2 is 2.06 bits per heavy atom. The van der Waals surface area contributed by atoms with Crippen LogP contribution in [0.25, 0.3) is 0 Å². The fraction of sp³-hybridized carbons (Fsp3) is 0.833. The summed E-state index contributed by atoms with van der Waals surface area (Å²) in [4.78, 5) is 24.5. The molecule has 0 saturated carbocycles. The van der Waals surface area contributed by atoms with Gasteiger partial charge >= 0.3 is 12.1 Å². The van der Waals surface area contributed by atoms with Crippen LogP contribution in [0, 0.1) is 5.41 Å². The van der Waals surface area contributed by atoms with Crippen LogP contribution in [-0.2, 0) is 14.3 Å². The maximum absolute atomic E-state index is 11.8. The number of carbonyl (C=O) groups is 2. The Bertz CT molecular complexity index is 329. The zero-order valence-electron chi connectivity index (χ0n) is 10.6. The lowest BCUT2D eigenvalue weighted by atomic mass is 9.81. The van der Waals surface area contributed by atoms with Crippen LogP contribution >= 0.6 is 0 Å². The molecule has 6 nitrogen and oxygen atoms in total. The van der Waals surface area contributed by atoms with Crippen molar-refractivity contribution >= 4 is 12.1 Å². The van der Waals surface area contributed by atoms with Gasteiger partial charge in [-0.1, -0.05) is 0 Å². The molecule has 2 rings (SSSR count). The lowest BCUT2D eigenvalue weighted by Crippen LogP contribution is -2.46. The standard InChI is InChI=1S/C12H19NO5/c1-12(10(14)15)3-5-13(6-4-12)11(16)18-9-2-7-17-8-9/h9H,2-8H2,1H3,(H,14,15)/t9-/m0/s1. The highest BCUT2D eigenvalue weighted by Crippen LogP contribution is 2.31. The fourth-order valence-electron chi connectivity index (χ4n) is 2.22. The Morgan fingerprint density at radius 3 is 2.56 bits per heavy atom. The highest BCUT2D eigenvalue weighted by atomic mass is 16.6. The number of aliphatic carboxylic acids is 1. The highest BCUT2D eigenvalue weighted by Gasteiger charge is 2.38. The van der Waals surface area contributed by atoms with E-state index in [1.807, 2.05) is 0 Å². The largest absolute Gasteiger partial charge is 0.481 e. The van der Waals surface area contributed by atoms with Crippen molar-refractivity contribution in [1.29, 1.82) is 0 Å². The Kier molecular flexibility index (Phi) is 3.75. The Labute approximate surface area is 106 Å². The monoisotopic (exact) mass is 257 g/mol. The van der Waals surface area contributed by atoms with E-state index in [2.05, 4.69) is 0 Å². The maximum atomic E-state index is 11.8. The Balaban J connectivity index is 1.81. The third-order valence-electron chi connectivity index (χ3n) is 3.80. The minimum atomic E-state index is -0.792. The first kappa shape index (κ1) is 13.1. The van der Waals surface area contributed by atoms with E-state index in [-0.39, 0.29) is 12.2 Å². The maximum Gasteiger partial charge on any atom is 0.410 e. The van der Waals surface area contributed by atoms with Crippen LogP contribution in [0.15, 0.2) is 0 Å². The molecule has 2 fully saturated rings. The molecule has 2 heterocycles. The summed E-state index contributed by atoms with van der Waals surface area (Å²) in [5.74, 6) is -0.792. The van der Waals surface area contributed by atoms with E-state index in [9.17, 15) is 9.59 Å². The molecule has 6 heteroatoms. The summed E-state index contributed by atoms with van der Waals surface area (Å²) >= 11 is 0. The van der Waals surface area contributed by atoms with Gasteiger partial charge in [-0.15, -0.1) is 0 Å². The third kappa shape index (κ3) is 2.75. The normalized spacial score (nSPS) is 26.9. The van der Waals surface area contributed by atoms with Crippen molar-refractivity contribution in [1.82, 2.24) is 4.90 Å². The summed E-state index contributed by atoms with van der Waals surface area (Å²) in [5.41, 5.74) is -0.715. The van der Waals surface area contributed by atoms with Gasteiger partial charge in [0.25, 0.3) is 0 Å². The van der Waals surface area contributed by atoms with Gasteiger partial charge in [0, 0.05) is 19.5 Å². The van der Waals surface area contributed by atoms with E-state index < -0.39 is 11.4 Å². The summed E-state index contributed by atoms with van der Waals surface area (Å²) in [6, 6.07) is 0. The SMILES string of the molecule is CC1(C(=O)O)CCN(C(=O)O[C@H]2CCOC2)CC1. The molecule has 1 amide bonds. The number of rotatable bonds is 2. The van der Waals surface area contributed by atoms with Crippen molar-refractivity contribution in [3.05, 3.63) is 0 Å². The Hall–Kier alpha value is -1.30. The van der Waals surface area contributed by atoms with Crippen LogP contribution in [0.5, 0.6) is 0 Å². The van der Waals surface area contributed by atoms with E-state index >= 15 is 0 Å². The lowest BCUT2D eigenvalue weighted by Gasteiger charge is -2.36. The van der Waals surface area contributed by atoms with Crippen LogP contribution in [0.3, 0.4) is 0 Å². The minimum absolute atomic E-state index is 0.148. The van der Waals surface area contributed by atoms with Gasteiger partial charge in [-0.2, -0.15) is 0 Å². The average Bonchev–Trinajstić information content (AvgIpc) is 2.82. The van der Waals surface area contributed by atoms with Gasteiger partial charge in [0.1, 0.15) is 6.10 Å². The van der Waals surface area contributed by atoms with Crippen LogP contribution in [0.4, 0.5) is 4.79 Å². The highest BCUT2D eigenvalue weighted by molar-refractivity contribution is 5.75. The topological polar surface area (TPSA) is 76.1 Å². The second-order valence-electron chi connectivity index (χ2n) is 5.22. The predicted molar refractivity (Wildman–Crippen MR) is 62.3 cm³/mol. The van der Waals surface area contributed by atoms with Gasteiger partial charge < -0.3 is 19.5 Å². The van der Waals surface area contributed by atoms with Crippen molar-refractivity contribution in [2.75, 3.05) is 26.3 Å². The smallest absolute Gasteiger partial charge is 0.410 e. The molecular formula is C12H19NO5. The molecule has 2 saturated heterocycles. The van der Waals surface area contributed by atoms with Gasteiger partial charge in [0.05, 0.1) is 18.6 Å². The number of likely N-dealkylation sites (tertiary alicyclic amines) is 1. The summed E-state index contributed by atoms with van der Waals surface area (Å²) in [6.45, 7) is 3.70. The van der Waals surface area contributed by atoms with Gasteiger partial charge in [-0.3, -0.25) is 4.79 Å². The van der Waals surface area contributed by atoms with Crippen LogP contribution in [-0.4, -0.2) is 54.5 Å². The zero-order valence-corrected chi connectivity index (χ0v) is 10.6. The van der Waals surface area contributed by atoms with Gasteiger partial charge in [0.15, 0.2) is 0 Å². The quantitative estimate of drug-likeness (QED) is 0.801. The van der Waals surface area contributed by atoms with Crippen molar-refractivity contribution in [2.24, 2.45) is 5.41 Å². The average molecular weight is 257 g/mol. The van der Waals surface area contributed by atoms with Crippen LogP contribution in [0.1, 0.15) is 26.2 Å². The van der Waals surface area contributed by atoms with E-state index in [0.29, 0.717) is 39.1 Å². The van der Waals surface area contributed by atoms with Crippen molar-refractivity contribution in [3.8, 4) is 0 Å². The molecule has 1 atom stereocenters. The van der Waals surface area contributed by atoms with Gasteiger partial charge in [-0.25, -0.2) is 4.79 Å². The number of carbonyl (C=O) groups excluding carboxylic acids is 1. The van der Waals surface area contributed by atoms with Crippen molar-refractivity contribution in [2.45, 2.75) is 32.3 Å². The molecule has 0 aromatic carbocycles.